The molecule has 2 aromatic rings. The minimum absolute atomic E-state index is 0.00225. The number of hydrogen-bond acceptors (Lipinski definition) is 2. The Labute approximate surface area is 153 Å². The summed E-state index contributed by atoms with van der Waals surface area (Å²) in [5.74, 6) is -0.0735. The average Bonchev–Trinajstić information content (AvgIpc) is 2.61. The topological polar surface area (TPSA) is 49.4 Å². The highest BCUT2D eigenvalue weighted by Gasteiger charge is 2.14. The molecule has 1 N–H and O–H groups in total. The van der Waals surface area contributed by atoms with Crippen molar-refractivity contribution in [2.24, 2.45) is 0 Å². The lowest BCUT2D eigenvalue weighted by atomic mass is 10.1. The number of nitrogens with zero attached hydrogens (tertiary/aromatic N) is 1. The molecule has 0 aliphatic carbocycles. The van der Waals surface area contributed by atoms with E-state index in [9.17, 15) is 9.59 Å². The smallest absolute Gasteiger partial charge is 0.224 e. The largest absolute Gasteiger partial charge is 0.355 e. The maximum atomic E-state index is 12.4. The lowest BCUT2D eigenvalue weighted by Gasteiger charge is -2.21. The third-order valence-electron chi connectivity index (χ3n) is 3.92. The molecule has 2 aromatic carbocycles. The van der Waals surface area contributed by atoms with Gasteiger partial charge in [0.05, 0.1) is 6.42 Å². The molecule has 2 amide bonds. The van der Waals surface area contributed by atoms with Crippen LogP contribution >= 0.6 is 11.6 Å². The highest BCUT2D eigenvalue weighted by molar-refractivity contribution is 6.31. The van der Waals surface area contributed by atoms with Crippen molar-refractivity contribution in [1.29, 1.82) is 0 Å². The molecule has 0 radical (unpaired) electrons. The lowest BCUT2D eigenvalue weighted by Crippen LogP contribution is -2.34. The van der Waals surface area contributed by atoms with E-state index in [0.29, 0.717) is 31.1 Å². The minimum Gasteiger partial charge on any atom is -0.355 e. The van der Waals surface area contributed by atoms with E-state index in [0.717, 1.165) is 11.1 Å². The SMILES string of the molecule is CCN(Cc1ccccc1Cl)C(=O)CCNC(=O)Cc1ccccc1. The van der Waals surface area contributed by atoms with Crippen molar-refractivity contribution in [3.8, 4) is 0 Å². The Morgan fingerprint density at radius 1 is 1.04 bits per heavy atom. The van der Waals surface area contributed by atoms with E-state index in [-0.39, 0.29) is 18.2 Å². The number of carbonyl (C=O) groups is 2. The molecule has 0 heterocycles. The Morgan fingerprint density at radius 2 is 1.72 bits per heavy atom. The van der Waals surface area contributed by atoms with Crippen molar-refractivity contribution in [3.05, 3.63) is 70.7 Å². The van der Waals surface area contributed by atoms with E-state index >= 15 is 0 Å². The predicted molar refractivity (Wildman–Crippen MR) is 100 cm³/mol. The van der Waals surface area contributed by atoms with Gasteiger partial charge in [-0.1, -0.05) is 60.1 Å². The van der Waals surface area contributed by atoms with Crippen LogP contribution in [0.5, 0.6) is 0 Å². The van der Waals surface area contributed by atoms with Crippen LogP contribution in [0.25, 0.3) is 0 Å². The van der Waals surface area contributed by atoms with Crippen LogP contribution in [0.4, 0.5) is 0 Å². The summed E-state index contributed by atoms with van der Waals surface area (Å²) in [5.41, 5.74) is 1.88. The fourth-order valence-corrected chi connectivity index (χ4v) is 2.71. The van der Waals surface area contributed by atoms with E-state index in [2.05, 4.69) is 5.32 Å². The molecule has 0 aromatic heterocycles. The fourth-order valence-electron chi connectivity index (χ4n) is 2.52. The van der Waals surface area contributed by atoms with Gasteiger partial charge in [-0.05, 0) is 24.1 Å². The fraction of sp³-hybridized carbons (Fsp3) is 0.300. The second kappa shape index (κ2) is 9.84. The van der Waals surface area contributed by atoms with Gasteiger partial charge in [0, 0.05) is 31.1 Å². The number of carbonyl (C=O) groups excluding carboxylic acids is 2. The average molecular weight is 359 g/mol. The molecule has 25 heavy (non-hydrogen) atoms. The van der Waals surface area contributed by atoms with Gasteiger partial charge < -0.3 is 10.2 Å². The first-order valence-electron chi connectivity index (χ1n) is 8.42. The van der Waals surface area contributed by atoms with Crippen LogP contribution in [-0.4, -0.2) is 29.8 Å². The van der Waals surface area contributed by atoms with Gasteiger partial charge in [-0.25, -0.2) is 0 Å². The summed E-state index contributed by atoms with van der Waals surface area (Å²) in [7, 11) is 0. The molecule has 132 valence electrons. The summed E-state index contributed by atoms with van der Waals surface area (Å²) >= 11 is 6.16. The Bertz CT molecular complexity index is 704. The number of benzene rings is 2. The highest BCUT2D eigenvalue weighted by Crippen LogP contribution is 2.17. The normalized spacial score (nSPS) is 10.3. The van der Waals surface area contributed by atoms with Crippen molar-refractivity contribution < 1.29 is 9.59 Å². The van der Waals surface area contributed by atoms with Gasteiger partial charge in [0.1, 0.15) is 0 Å². The molecular formula is C20H23ClN2O2. The molecule has 0 atom stereocenters. The van der Waals surface area contributed by atoms with Crippen molar-refractivity contribution in [2.75, 3.05) is 13.1 Å². The van der Waals surface area contributed by atoms with Crippen LogP contribution in [0.15, 0.2) is 54.6 Å². The molecule has 5 heteroatoms. The zero-order valence-corrected chi connectivity index (χ0v) is 15.1. The van der Waals surface area contributed by atoms with Gasteiger partial charge >= 0.3 is 0 Å². The quantitative estimate of drug-likeness (QED) is 0.785. The summed E-state index contributed by atoms with van der Waals surface area (Å²) in [6.45, 7) is 3.35. The first kappa shape index (κ1) is 19.0. The van der Waals surface area contributed by atoms with Crippen molar-refractivity contribution in [1.82, 2.24) is 10.2 Å². The van der Waals surface area contributed by atoms with Crippen molar-refractivity contribution in [2.45, 2.75) is 26.3 Å². The summed E-state index contributed by atoms with van der Waals surface area (Å²) in [6.07, 6.45) is 0.602. The van der Waals surface area contributed by atoms with E-state index in [1.165, 1.54) is 0 Å². The van der Waals surface area contributed by atoms with E-state index in [1.807, 2.05) is 61.5 Å². The molecule has 4 nitrogen and oxygen atoms in total. The Balaban J connectivity index is 1.78. The number of halogens is 1. The third-order valence-corrected chi connectivity index (χ3v) is 4.29. The molecule has 0 unspecified atom stereocenters. The highest BCUT2D eigenvalue weighted by atomic mass is 35.5. The van der Waals surface area contributed by atoms with Crippen LogP contribution in [0.3, 0.4) is 0 Å². The Hall–Kier alpha value is -2.33. The molecule has 0 saturated heterocycles. The van der Waals surface area contributed by atoms with E-state index in [4.69, 9.17) is 11.6 Å². The van der Waals surface area contributed by atoms with Crippen LogP contribution in [0.1, 0.15) is 24.5 Å². The number of amides is 2. The number of hydrogen-bond donors (Lipinski definition) is 1. The maximum absolute atomic E-state index is 12.4. The minimum atomic E-state index is -0.0758. The van der Waals surface area contributed by atoms with Gasteiger partial charge in [0.2, 0.25) is 11.8 Å². The van der Waals surface area contributed by atoms with Gasteiger partial charge in [0.15, 0.2) is 0 Å². The summed E-state index contributed by atoms with van der Waals surface area (Å²) in [4.78, 5) is 26.0. The summed E-state index contributed by atoms with van der Waals surface area (Å²) in [5, 5.41) is 3.46. The second-order valence-electron chi connectivity index (χ2n) is 5.76. The Morgan fingerprint density at radius 3 is 2.40 bits per heavy atom. The molecule has 0 aliphatic heterocycles. The first-order valence-corrected chi connectivity index (χ1v) is 8.79. The third kappa shape index (κ3) is 6.24. The number of rotatable bonds is 8. The van der Waals surface area contributed by atoms with Crippen LogP contribution in [0, 0.1) is 0 Å². The lowest BCUT2D eigenvalue weighted by molar-refractivity contribution is -0.131. The van der Waals surface area contributed by atoms with Crippen LogP contribution in [-0.2, 0) is 22.6 Å². The molecule has 0 aliphatic rings. The molecular weight excluding hydrogens is 336 g/mol. The monoisotopic (exact) mass is 358 g/mol. The van der Waals surface area contributed by atoms with Gasteiger partial charge in [-0.2, -0.15) is 0 Å². The van der Waals surface area contributed by atoms with Gasteiger partial charge in [-0.3, -0.25) is 9.59 Å². The summed E-state index contributed by atoms with van der Waals surface area (Å²) in [6, 6.07) is 17.0. The van der Waals surface area contributed by atoms with Crippen LogP contribution < -0.4 is 5.32 Å². The Kier molecular flexibility index (Phi) is 7.48. The van der Waals surface area contributed by atoms with Gasteiger partial charge in [-0.15, -0.1) is 0 Å². The van der Waals surface area contributed by atoms with E-state index in [1.54, 1.807) is 4.90 Å². The number of nitrogens with one attached hydrogen (secondary N) is 1. The van der Waals surface area contributed by atoms with Crippen LogP contribution in [0.2, 0.25) is 5.02 Å². The van der Waals surface area contributed by atoms with E-state index < -0.39 is 0 Å². The first-order chi connectivity index (χ1) is 12.1. The van der Waals surface area contributed by atoms with Crippen molar-refractivity contribution in [3.63, 3.8) is 0 Å². The molecule has 0 spiro atoms. The molecule has 0 fully saturated rings. The zero-order chi connectivity index (χ0) is 18.1. The van der Waals surface area contributed by atoms with Crippen molar-refractivity contribution >= 4 is 23.4 Å². The summed E-state index contributed by atoms with van der Waals surface area (Å²) < 4.78 is 0. The zero-order valence-electron chi connectivity index (χ0n) is 14.4. The molecule has 2 rings (SSSR count). The molecule has 0 bridgehead atoms. The standard InChI is InChI=1S/C20H23ClN2O2/c1-2-23(15-17-10-6-7-11-18(17)21)20(25)12-13-22-19(24)14-16-8-4-3-5-9-16/h3-11H,2,12-15H2,1H3,(H,22,24). The molecule has 0 saturated carbocycles. The van der Waals surface area contributed by atoms with Gasteiger partial charge in [0.25, 0.3) is 0 Å². The predicted octanol–water partition coefficient (Wildman–Crippen LogP) is 3.44. The maximum Gasteiger partial charge on any atom is 0.224 e. The second-order valence-corrected chi connectivity index (χ2v) is 6.17.